The highest BCUT2D eigenvalue weighted by atomic mass is 19.4. The summed E-state index contributed by atoms with van der Waals surface area (Å²) >= 11 is 0. The Labute approximate surface area is 170 Å². The Morgan fingerprint density at radius 2 is 1.93 bits per heavy atom. The highest BCUT2D eigenvalue weighted by molar-refractivity contribution is 6.09. The third kappa shape index (κ3) is 3.56. The van der Waals surface area contributed by atoms with Crippen LogP contribution in [0.3, 0.4) is 0 Å². The number of amides is 1. The molecule has 1 atom stereocenters. The van der Waals surface area contributed by atoms with E-state index in [1.54, 1.807) is 29.2 Å². The monoisotopic (exact) mass is 416 g/mol. The molecule has 0 spiro atoms. The van der Waals surface area contributed by atoms with Gasteiger partial charge in [-0.15, -0.1) is 0 Å². The number of anilines is 1. The van der Waals surface area contributed by atoms with Gasteiger partial charge in [0.1, 0.15) is 5.69 Å². The molecular formula is C21H19F3N4O2. The first-order valence-electron chi connectivity index (χ1n) is 9.42. The number of aliphatic hydroxyl groups is 1. The first-order valence-corrected chi connectivity index (χ1v) is 9.42. The van der Waals surface area contributed by atoms with E-state index in [1.165, 1.54) is 17.0 Å². The Morgan fingerprint density at radius 1 is 1.20 bits per heavy atom. The zero-order valence-electron chi connectivity index (χ0n) is 16.1. The highest BCUT2D eigenvalue weighted by Crippen LogP contribution is 2.34. The van der Waals surface area contributed by atoms with Gasteiger partial charge in [0, 0.05) is 42.7 Å². The topological polar surface area (TPSA) is 71.2 Å². The Hall–Kier alpha value is -3.20. The minimum atomic E-state index is -4.43. The van der Waals surface area contributed by atoms with Crippen LogP contribution in [0.25, 0.3) is 11.1 Å². The van der Waals surface area contributed by atoms with Gasteiger partial charge in [-0.1, -0.05) is 0 Å². The van der Waals surface area contributed by atoms with Gasteiger partial charge in [0.25, 0.3) is 5.91 Å². The van der Waals surface area contributed by atoms with Crippen molar-refractivity contribution in [1.82, 2.24) is 14.8 Å². The van der Waals surface area contributed by atoms with Crippen molar-refractivity contribution in [2.45, 2.75) is 25.6 Å². The predicted octanol–water partition coefficient (Wildman–Crippen LogP) is 3.72. The molecule has 9 heteroatoms. The van der Waals surface area contributed by atoms with Gasteiger partial charge in [-0.3, -0.25) is 14.5 Å². The summed E-state index contributed by atoms with van der Waals surface area (Å²) in [4.78, 5) is 19.0. The number of alkyl halides is 3. The van der Waals surface area contributed by atoms with E-state index < -0.39 is 11.7 Å². The molecule has 0 radical (unpaired) electrons. The molecule has 1 amide bonds. The number of carbonyl (C=O) groups excluding carboxylic acids is 1. The number of hydrogen-bond donors (Lipinski definition) is 1. The maximum Gasteiger partial charge on any atom is 0.416 e. The summed E-state index contributed by atoms with van der Waals surface area (Å²) in [5, 5.41) is 13.5. The van der Waals surface area contributed by atoms with Crippen molar-refractivity contribution in [1.29, 1.82) is 0 Å². The molecule has 3 aromatic rings. The van der Waals surface area contributed by atoms with Crippen molar-refractivity contribution in [2.75, 3.05) is 18.1 Å². The molecule has 0 aliphatic carbocycles. The molecule has 3 heterocycles. The molecule has 1 aliphatic rings. The maximum atomic E-state index is 13.3. The van der Waals surface area contributed by atoms with E-state index in [1.807, 2.05) is 6.92 Å². The maximum absolute atomic E-state index is 13.3. The molecule has 156 valence electrons. The molecule has 4 rings (SSSR count). The van der Waals surface area contributed by atoms with E-state index >= 15 is 0 Å². The van der Waals surface area contributed by atoms with Crippen LogP contribution in [0.4, 0.5) is 18.9 Å². The lowest BCUT2D eigenvalue weighted by atomic mass is 10.0. The van der Waals surface area contributed by atoms with Gasteiger partial charge in [0.15, 0.2) is 0 Å². The minimum absolute atomic E-state index is 0.0414. The molecule has 1 aromatic carbocycles. The number of benzene rings is 1. The van der Waals surface area contributed by atoms with Crippen molar-refractivity contribution in [3.8, 4) is 11.1 Å². The molecule has 1 N–H and O–H groups in total. The summed E-state index contributed by atoms with van der Waals surface area (Å²) in [5.74, 6) is -0.333. The van der Waals surface area contributed by atoms with Crippen LogP contribution >= 0.6 is 0 Å². The predicted molar refractivity (Wildman–Crippen MR) is 104 cm³/mol. The molecule has 2 aromatic heterocycles. The number of carbonyl (C=O) groups is 1. The SMILES string of the molecule is C[C@H]1CN(c2ccc(C(F)(F)F)cc2)C(=O)c2c(-c3ccnc(CCO)c3)cnn21. The summed E-state index contributed by atoms with van der Waals surface area (Å²) < 4.78 is 40.3. The Balaban J connectivity index is 1.72. The second-order valence-electron chi connectivity index (χ2n) is 7.17. The number of nitrogens with zero attached hydrogens (tertiary/aromatic N) is 4. The fourth-order valence-corrected chi connectivity index (χ4v) is 3.62. The van der Waals surface area contributed by atoms with E-state index in [4.69, 9.17) is 5.11 Å². The number of pyridine rings is 1. The first-order chi connectivity index (χ1) is 14.3. The molecule has 0 bridgehead atoms. The van der Waals surface area contributed by atoms with Crippen LogP contribution in [0, 0.1) is 0 Å². The van der Waals surface area contributed by atoms with Gasteiger partial charge in [0.2, 0.25) is 0 Å². The fourth-order valence-electron chi connectivity index (χ4n) is 3.62. The van der Waals surface area contributed by atoms with Crippen LogP contribution in [0.1, 0.15) is 34.7 Å². The number of halogens is 3. The lowest BCUT2D eigenvalue weighted by molar-refractivity contribution is -0.137. The zero-order chi connectivity index (χ0) is 21.5. The second kappa shape index (κ2) is 7.56. The van der Waals surface area contributed by atoms with E-state index in [0.717, 1.165) is 17.7 Å². The largest absolute Gasteiger partial charge is 0.416 e. The third-order valence-electron chi connectivity index (χ3n) is 5.11. The van der Waals surface area contributed by atoms with Gasteiger partial charge in [-0.2, -0.15) is 18.3 Å². The number of aromatic nitrogens is 3. The Morgan fingerprint density at radius 3 is 2.60 bits per heavy atom. The van der Waals surface area contributed by atoms with E-state index in [2.05, 4.69) is 10.1 Å². The number of aliphatic hydroxyl groups excluding tert-OH is 1. The van der Waals surface area contributed by atoms with Crippen LogP contribution in [0.2, 0.25) is 0 Å². The summed E-state index contributed by atoms with van der Waals surface area (Å²) in [6.07, 6.45) is -0.830. The number of fused-ring (bicyclic) bond motifs is 1. The van der Waals surface area contributed by atoms with E-state index in [9.17, 15) is 18.0 Å². The van der Waals surface area contributed by atoms with Gasteiger partial charge in [0.05, 0.1) is 17.8 Å². The first kappa shape index (κ1) is 20.1. The van der Waals surface area contributed by atoms with Gasteiger partial charge >= 0.3 is 6.18 Å². The third-order valence-corrected chi connectivity index (χ3v) is 5.11. The lowest BCUT2D eigenvalue weighted by Gasteiger charge is -2.32. The van der Waals surface area contributed by atoms with Crippen LogP contribution < -0.4 is 4.90 Å². The van der Waals surface area contributed by atoms with Gasteiger partial charge in [-0.05, 0) is 48.9 Å². The molecule has 1 aliphatic heterocycles. The molecular weight excluding hydrogens is 397 g/mol. The summed E-state index contributed by atoms with van der Waals surface area (Å²) in [6.45, 7) is 2.15. The fraction of sp³-hybridized carbons (Fsp3) is 0.286. The molecule has 30 heavy (non-hydrogen) atoms. The zero-order valence-corrected chi connectivity index (χ0v) is 16.1. The molecule has 0 fully saturated rings. The van der Waals surface area contributed by atoms with E-state index in [0.29, 0.717) is 35.6 Å². The smallest absolute Gasteiger partial charge is 0.396 e. The highest BCUT2D eigenvalue weighted by Gasteiger charge is 2.35. The summed E-state index contributed by atoms with van der Waals surface area (Å²) in [5.41, 5.74) is 2.05. The van der Waals surface area contributed by atoms with Crippen molar-refractivity contribution < 1.29 is 23.1 Å². The average Bonchev–Trinajstić information content (AvgIpc) is 3.17. The van der Waals surface area contributed by atoms with Crippen molar-refractivity contribution in [3.05, 3.63) is 65.7 Å². The summed E-state index contributed by atoms with van der Waals surface area (Å²) in [6, 6.07) is 7.97. The Kier molecular flexibility index (Phi) is 5.07. The lowest BCUT2D eigenvalue weighted by Crippen LogP contribution is -2.42. The number of hydrogen-bond acceptors (Lipinski definition) is 4. The van der Waals surface area contributed by atoms with Crippen molar-refractivity contribution in [3.63, 3.8) is 0 Å². The van der Waals surface area contributed by atoms with Crippen molar-refractivity contribution >= 4 is 11.6 Å². The Bertz CT molecular complexity index is 1080. The quantitative estimate of drug-likeness (QED) is 0.704. The van der Waals surface area contributed by atoms with Crippen LogP contribution in [0.15, 0.2) is 48.8 Å². The van der Waals surface area contributed by atoms with E-state index in [-0.39, 0.29) is 18.6 Å². The minimum Gasteiger partial charge on any atom is -0.396 e. The molecule has 0 saturated heterocycles. The summed E-state index contributed by atoms with van der Waals surface area (Å²) in [7, 11) is 0. The van der Waals surface area contributed by atoms with Crippen molar-refractivity contribution in [2.24, 2.45) is 0 Å². The molecule has 0 unspecified atom stereocenters. The van der Waals surface area contributed by atoms with Gasteiger partial charge in [-0.25, -0.2) is 0 Å². The van der Waals surface area contributed by atoms with Crippen LogP contribution in [-0.2, 0) is 12.6 Å². The van der Waals surface area contributed by atoms with Crippen LogP contribution in [0.5, 0.6) is 0 Å². The van der Waals surface area contributed by atoms with Crippen LogP contribution in [-0.4, -0.2) is 38.9 Å². The number of rotatable bonds is 4. The molecule has 6 nitrogen and oxygen atoms in total. The standard InChI is InChI=1S/C21H19F3N4O2/c1-13-12-27(17-4-2-15(3-5-17)21(22,23)24)20(30)19-18(11-26-28(13)19)14-6-8-25-16(10-14)7-9-29/h2-6,8,10-11,13,29H,7,9,12H2,1H3/t13-/m0/s1. The second-order valence-corrected chi connectivity index (χ2v) is 7.17. The molecule has 0 saturated carbocycles. The normalized spacial score (nSPS) is 16.6. The van der Waals surface area contributed by atoms with Gasteiger partial charge < -0.3 is 10.0 Å². The average molecular weight is 416 g/mol.